The van der Waals surface area contributed by atoms with Crippen molar-refractivity contribution < 1.29 is 19.5 Å². The summed E-state index contributed by atoms with van der Waals surface area (Å²) in [6.45, 7) is 3.46. The predicted molar refractivity (Wildman–Crippen MR) is 88.4 cm³/mol. The maximum absolute atomic E-state index is 12.2. The predicted octanol–water partition coefficient (Wildman–Crippen LogP) is 2.80. The number of unbranched alkanes of at least 4 members (excludes halogenated alkanes) is 3. The topological polar surface area (TPSA) is 95.5 Å². The van der Waals surface area contributed by atoms with Crippen molar-refractivity contribution in [3.05, 3.63) is 29.8 Å². The van der Waals surface area contributed by atoms with E-state index in [-0.39, 0.29) is 5.91 Å². The van der Waals surface area contributed by atoms with Crippen LogP contribution in [0.15, 0.2) is 24.3 Å². The van der Waals surface area contributed by atoms with Gasteiger partial charge in [0.15, 0.2) is 0 Å². The van der Waals surface area contributed by atoms with Crippen LogP contribution in [-0.4, -0.2) is 28.9 Å². The van der Waals surface area contributed by atoms with E-state index in [4.69, 9.17) is 0 Å². The van der Waals surface area contributed by atoms with E-state index in [1.807, 2.05) is 0 Å². The van der Waals surface area contributed by atoms with Gasteiger partial charge in [-0.2, -0.15) is 0 Å². The van der Waals surface area contributed by atoms with Gasteiger partial charge in [-0.3, -0.25) is 9.59 Å². The van der Waals surface area contributed by atoms with Gasteiger partial charge >= 0.3 is 5.97 Å². The number of hydrogen-bond donors (Lipinski definition) is 3. The highest BCUT2D eigenvalue weighted by Gasteiger charge is 2.20. The van der Waals surface area contributed by atoms with Crippen LogP contribution in [0.5, 0.6) is 0 Å². The Labute approximate surface area is 136 Å². The molecule has 0 fully saturated rings. The van der Waals surface area contributed by atoms with Gasteiger partial charge in [-0.1, -0.05) is 38.7 Å². The molecule has 2 amide bonds. The second-order valence-corrected chi connectivity index (χ2v) is 5.48. The van der Waals surface area contributed by atoms with Crippen LogP contribution in [0, 0.1) is 0 Å². The Bertz CT molecular complexity index is 557. The van der Waals surface area contributed by atoms with E-state index in [1.165, 1.54) is 13.0 Å². The standard InChI is InChI=1S/C17H24N2O4/c1-3-4-5-6-10-15(17(22)23)19-16(21)13-8-7-9-14(11-13)18-12(2)20/h7-9,11,15H,3-6,10H2,1-2H3,(H,18,20)(H,19,21)(H,22,23)/t15-/m1/s1. The molecule has 1 rings (SSSR count). The van der Waals surface area contributed by atoms with Crippen LogP contribution < -0.4 is 10.6 Å². The number of aliphatic carboxylic acids is 1. The Morgan fingerprint density at radius 3 is 2.52 bits per heavy atom. The number of benzene rings is 1. The summed E-state index contributed by atoms with van der Waals surface area (Å²) in [6, 6.07) is 5.50. The van der Waals surface area contributed by atoms with Crippen molar-refractivity contribution >= 4 is 23.5 Å². The Hall–Kier alpha value is -2.37. The monoisotopic (exact) mass is 320 g/mol. The van der Waals surface area contributed by atoms with Gasteiger partial charge in [0.2, 0.25) is 5.91 Å². The van der Waals surface area contributed by atoms with E-state index in [0.29, 0.717) is 17.7 Å². The third-order valence-corrected chi connectivity index (χ3v) is 3.39. The largest absolute Gasteiger partial charge is 0.480 e. The second kappa shape index (κ2) is 9.61. The molecule has 0 heterocycles. The molecule has 0 aliphatic heterocycles. The molecule has 3 N–H and O–H groups in total. The highest BCUT2D eigenvalue weighted by Crippen LogP contribution is 2.12. The second-order valence-electron chi connectivity index (χ2n) is 5.48. The summed E-state index contributed by atoms with van der Waals surface area (Å²) in [4.78, 5) is 34.5. The Morgan fingerprint density at radius 1 is 1.17 bits per heavy atom. The Morgan fingerprint density at radius 2 is 1.91 bits per heavy atom. The average molecular weight is 320 g/mol. The maximum Gasteiger partial charge on any atom is 0.326 e. The first kappa shape index (κ1) is 18.7. The van der Waals surface area contributed by atoms with Crippen LogP contribution in [0.2, 0.25) is 0 Å². The SMILES string of the molecule is CCCCCC[C@@H](NC(=O)c1cccc(NC(C)=O)c1)C(=O)O. The zero-order valence-electron chi connectivity index (χ0n) is 13.6. The minimum Gasteiger partial charge on any atom is -0.480 e. The van der Waals surface area contributed by atoms with E-state index >= 15 is 0 Å². The van der Waals surface area contributed by atoms with E-state index in [1.54, 1.807) is 18.2 Å². The number of anilines is 1. The van der Waals surface area contributed by atoms with Gasteiger partial charge in [0.25, 0.3) is 5.91 Å². The van der Waals surface area contributed by atoms with Crippen molar-refractivity contribution in [3.8, 4) is 0 Å². The Kier molecular flexibility index (Phi) is 7.80. The van der Waals surface area contributed by atoms with E-state index in [9.17, 15) is 19.5 Å². The molecule has 0 bridgehead atoms. The molecule has 23 heavy (non-hydrogen) atoms. The van der Waals surface area contributed by atoms with Crippen molar-refractivity contribution in [3.63, 3.8) is 0 Å². The van der Waals surface area contributed by atoms with Gasteiger partial charge in [0.05, 0.1) is 0 Å². The first-order valence-electron chi connectivity index (χ1n) is 7.85. The fraction of sp³-hybridized carbons (Fsp3) is 0.471. The van der Waals surface area contributed by atoms with Gasteiger partial charge in [-0.15, -0.1) is 0 Å². The number of carboxylic acids is 1. The first-order chi connectivity index (χ1) is 10.9. The highest BCUT2D eigenvalue weighted by atomic mass is 16.4. The molecule has 0 aliphatic carbocycles. The molecule has 6 nitrogen and oxygen atoms in total. The van der Waals surface area contributed by atoms with Crippen molar-refractivity contribution in [2.24, 2.45) is 0 Å². The Balaban J connectivity index is 2.67. The maximum atomic E-state index is 12.2. The highest BCUT2D eigenvalue weighted by molar-refractivity contribution is 5.98. The molecule has 126 valence electrons. The van der Waals surface area contributed by atoms with Crippen LogP contribution in [0.3, 0.4) is 0 Å². The third kappa shape index (κ3) is 6.95. The summed E-state index contributed by atoms with van der Waals surface area (Å²) in [5.41, 5.74) is 0.816. The lowest BCUT2D eigenvalue weighted by molar-refractivity contribution is -0.139. The molecule has 0 spiro atoms. The van der Waals surface area contributed by atoms with Crippen LogP contribution >= 0.6 is 0 Å². The van der Waals surface area contributed by atoms with Gasteiger partial charge in [0, 0.05) is 18.2 Å². The van der Waals surface area contributed by atoms with Crippen LogP contribution in [0.25, 0.3) is 0 Å². The minimum atomic E-state index is -1.03. The molecule has 1 aromatic rings. The average Bonchev–Trinajstić information content (AvgIpc) is 2.49. The fourth-order valence-electron chi connectivity index (χ4n) is 2.22. The van der Waals surface area contributed by atoms with Gasteiger partial charge in [-0.05, 0) is 24.6 Å². The summed E-state index contributed by atoms with van der Waals surface area (Å²) < 4.78 is 0. The summed E-state index contributed by atoms with van der Waals surface area (Å²) in [6.07, 6.45) is 4.25. The molecule has 6 heteroatoms. The fourth-order valence-corrected chi connectivity index (χ4v) is 2.22. The number of rotatable bonds is 9. The molecule has 1 aromatic carbocycles. The molecular weight excluding hydrogens is 296 g/mol. The molecule has 1 atom stereocenters. The van der Waals surface area contributed by atoms with Gasteiger partial charge in [-0.25, -0.2) is 4.79 Å². The van der Waals surface area contributed by atoms with Crippen LogP contribution in [0.1, 0.15) is 56.3 Å². The number of nitrogens with one attached hydrogen (secondary N) is 2. The molecule has 0 aliphatic rings. The van der Waals surface area contributed by atoms with E-state index < -0.39 is 17.9 Å². The molecule has 0 unspecified atom stereocenters. The molecule has 0 saturated heterocycles. The van der Waals surface area contributed by atoms with Crippen molar-refractivity contribution in [2.75, 3.05) is 5.32 Å². The van der Waals surface area contributed by atoms with E-state index in [2.05, 4.69) is 17.6 Å². The quantitative estimate of drug-likeness (QED) is 0.610. The number of hydrogen-bond acceptors (Lipinski definition) is 3. The van der Waals surface area contributed by atoms with E-state index in [0.717, 1.165) is 25.7 Å². The number of carboxylic acid groups (broad SMARTS) is 1. The molecule has 0 radical (unpaired) electrons. The summed E-state index contributed by atoms with van der Waals surface area (Å²) in [5, 5.41) is 14.4. The van der Waals surface area contributed by atoms with Crippen LogP contribution in [-0.2, 0) is 9.59 Å². The van der Waals surface area contributed by atoms with Gasteiger partial charge in [0.1, 0.15) is 6.04 Å². The molecule has 0 aromatic heterocycles. The molecular formula is C17H24N2O4. The van der Waals surface area contributed by atoms with Crippen LogP contribution in [0.4, 0.5) is 5.69 Å². The lowest BCUT2D eigenvalue weighted by Crippen LogP contribution is -2.40. The first-order valence-corrected chi connectivity index (χ1v) is 7.85. The lowest BCUT2D eigenvalue weighted by Gasteiger charge is -2.15. The van der Waals surface area contributed by atoms with Crippen molar-refractivity contribution in [1.82, 2.24) is 5.32 Å². The van der Waals surface area contributed by atoms with Crippen molar-refractivity contribution in [2.45, 2.75) is 52.0 Å². The number of carbonyl (C=O) groups excluding carboxylic acids is 2. The minimum absolute atomic E-state index is 0.234. The summed E-state index contributed by atoms with van der Waals surface area (Å²) >= 11 is 0. The summed E-state index contributed by atoms with van der Waals surface area (Å²) in [5.74, 6) is -1.73. The lowest BCUT2D eigenvalue weighted by atomic mass is 10.1. The normalized spacial score (nSPS) is 11.6. The number of amides is 2. The summed E-state index contributed by atoms with van der Waals surface area (Å²) in [7, 11) is 0. The third-order valence-electron chi connectivity index (χ3n) is 3.39. The smallest absolute Gasteiger partial charge is 0.326 e. The molecule has 0 saturated carbocycles. The van der Waals surface area contributed by atoms with Crippen molar-refractivity contribution in [1.29, 1.82) is 0 Å². The van der Waals surface area contributed by atoms with Gasteiger partial charge < -0.3 is 15.7 Å². The number of carbonyl (C=O) groups is 3. The zero-order valence-corrected chi connectivity index (χ0v) is 13.6. The zero-order chi connectivity index (χ0) is 17.2.